The molecule has 1 amide bonds. The van der Waals surface area contributed by atoms with E-state index in [2.05, 4.69) is 0 Å². The maximum Gasteiger partial charge on any atom is 0.263 e. The van der Waals surface area contributed by atoms with E-state index in [1.54, 1.807) is 25.1 Å². The number of hydrogen-bond acceptors (Lipinski definition) is 3. The van der Waals surface area contributed by atoms with Crippen molar-refractivity contribution in [2.75, 3.05) is 14.2 Å². The molecule has 2 aromatic rings. The number of halogens is 1. The zero-order valence-corrected chi connectivity index (χ0v) is 14.9. The lowest BCUT2D eigenvalue weighted by atomic mass is 10.2. The fourth-order valence-corrected chi connectivity index (χ4v) is 2.46. The smallest absolute Gasteiger partial charge is 0.263 e. The van der Waals surface area contributed by atoms with Gasteiger partial charge in [-0.2, -0.15) is 0 Å². The van der Waals surface area contributed by atoms with E-state index in [0.29, 0.717) is 29.5 Å². The summed E-state index contributed by atoms with van der Waals surface area (Å²) in [5, 5.41) is 0.681. The first kappa shape index (κ1) is 18.1. The van der Waals surface area contributed by atoms with Gasteiger partial charge in [0.05, 0.1) is 7.11 Å². The normalized spacial score (nSPS) is 11.7. The van der Waals surface area contributed by atoms with E-state index in [0.717, 1.165) is 5.56 Å². The van der Waals surface area contributed by atoms with Gasteiger partial charge < -0.3 is 14.4 Å². The van der Waals surface area contributed by atoms with E-state index in [4.69, 9.17) is 21.1 Å². The van der Waals surface area contributed by atoms with Gasteiger partial charge in [0.2, 0.25) is 0 Å². The van der Waals surface area contributed by atoms with Gasteiger partial charge in [0, 0.05) is 24.7 Å². The van der Waals surface area contributed by atoms with E-state index >= 15 is 0 Å². The first-order valence-electron chi connectivity index (χ1n) is 7.83. The average molecular weight is 348 g/mol. The molecule has 2 aromatic carbocycles. The third kappa shape index (κ3) is 4.90. The Hall–Kier alpha value is -2.20. The molecular weight excluding hydrogens is 326 g/mol. The van der Waals surface area contributed by atoms with Crippen LogP contribution in [0.2, 0.25) is 5.02 Å². The van der Waals surface area contributed by atoms with Crippen molar-refractivity contribution >= 4 is 17.5 Å². The molecule has 0 saturated heterocycles. The van der Waals surface area contributed by atoms with Crippen molar-refractivity contribution in [3.05, 3.63) is 59.1 Å². The molecule has 0 aliphatic heterocycles. The standard InChI is InChI=1S/C19H22ClNO3/c1-4-18(24-17-7-5-6-16(12-17)23-3)19(22)21(2)13-14-8-10-15(20)11-9-14/h5-12,18H,4,13H2,1-3H3/t18-/m1/s1. The summed E-state index contributed by atoms with van der Waals surface area (Å²) in [6.07, 6.45) is 0.0514. The van der Waals surface area contributed by atoms with E-state index in [1.165, 1.54) is 0 Å². The number of ether oxygens (including phenoxy) is 2. The maximum absolute atomic E-state index is 12.6. The van der Waals surface area contributed by atoms with Gasteiger partial charge in [-0.25, -0.2) is 0 Å². The minimum Gasteiger partial charge on any atom is -0.497 e. The molecule has 0 aliphatic carbocycles. The Kier molecular flexibility index (Phi) is 6.50. The summed E-state index contributed by atoms with van der Waals surface area (Å²) in [4.78, 5) is 14.3. The Morgan fingerprint density at radius 2 is 1.83 bits per heavy atom. The van der Waals surface area contributed by atoms with E-state index < -0.39 is 6.10 Å². The molecule has 128 valence electrons. The van der Waals surface area contributed by atoms with Gasteiger partial charge in [-0.15, -0.1) is 0 Å². The fraction of sp³-hybridized carbons (Fsp3) is 0.316. The van der Waals surface area contributed by atoms with Crippen molar-refractivity contribution in [3.8, 4) is 11.5 Å². The van der Waals surface area contributed by atoms with Crippen molar-refractivity contribution in [3.63, 3.8) is 0 Å². The topological polar surface area (TPSA) is 38.8 Å². The van der Waals surface area contributed by atoms with E-state index in [-0.39, 0.29) is 5.91 Å². The Morgan fingerprint density at radius 3 is 2.46 bits per heavy atom. The first-order chi connectivity index (χ1) is 11.5. The molecule has 0 bridgehead atoms. The summed E-state index contributed by atoms with van der Waals surface area (Å²) < 4.78 is 11.0. The Labute approximate surface area is 147 Å². The highest BCUT2D eigenvalue weighted by Gasteiger charge is 2.22. The molecule has 0 fully saturated rings. The summed E-state index contributed by atoms with van der Waals surface area (Å²) in [6.45, 7) is 2.44. The molecule has 0 radical (unpaired) electrons. The van der Waals surface area contributed by atoms with Gasteiger partial charge >= 0.3 is 0 Å². The molecule has 0 saturated carbocycles. The molecule has 5 heteroatoms. The zero-order chi connectivity index (χ0) is 17.5. The SMILES string of the molecule is CC[C@@H](Oc1cccc(OC)c1)C(=O)N(C)Cc1ccc(Cl)cc1. The van der Waals surface area contributed by atoms with Crippen LogP contribution < -0.4 is 9.47 Å². The van der Waals surface area contributed by atoms with Crippen LogP contribution in [0.3, 0.4) is 0 Å². The third-order valence-corrected chi connectivity index (χ3v) is 3.93. The van der Waals surface area contributed by atoms with Gasteiger partial charge in [-0.3, -0.25) is 4.79 Å². The molecule has 0 spiro atoms. The minimum atomic E-state index is -0.533. The van der Waals surface area contributed by atoms with Gasteiger partial charge in [-0.1, -0.05) is 36.7 Å². The number of hydrogen-bond donors (Lipinski definition) is 0. The number of carbonyl (C=O) groups excluding carboxylic acids is 1. The van der Waals surface area contributed by atoms with Crippen molar-refractivity contribution in [1.29, 1.82) is 0 Å². The number of benzene rings is 2. The van der Waals surface area contributed by atoms with Crippen LogP contribution in [0, 0.1) is 0 Å². The van der Waals surface area contributed by atoms with Crippen LogP contribution in [0.5, 0.6) is 11.5 Å². The van der Waals surface area contributed by atoms with Crippen LogP contribution in [-0.2, 0) is 11.3 Å². The van der Waals surface area contributed by atoms with E-state index in [9.17, 15) is 4.79 Å². The summed E-state index contributed by atoms with van der Waals surface area (Å²) in [6, 6.07) is 14.7. The summed E-state index contributed by atoms with van der Waals surface area (Å²) in [7, 11) is 3.37. The average Bonchev–Trinajstić information content (AvgIpc) is 2.61. The zero-order valence-electron chi connectivity index (χ0n) is 14.2. The number of nitrogens with zero attached hydrogens (tertiary/aromatic N) is 1. The molecule has 0 aliphatic rings. The van der Waals surface area contributed by atoms with Gasteiger partial charge in [0.25, 0.3) is 5.91 Å². The predicted octanol–water partition coefficient (Wildman–Crippen LogP) is 4.16. The van der Waals surface area contributed by atoms with Crippen molar-refractivity contribution < 1.29 is 14.3 Å². The number of likely N-dealkylation sites (N-methyl/N-ethyl adjacent to an activating group) is 1. The Morgan fingerprint density at radius 1 is 1.17 bits per heavy atom. The molecular formula is C19H22ClNO3. The van der Waals surface area contributed by atoms with Crippen LogP contribution in [-0.4, -0.2) is 31.1 Å². The summed E-state index contributed by atoms with van der Waals surface area (Å²) >= 11 is 5.89. The molecule has 0 N–H and O–H groups in total. The summed E-state index contributed by atoms with van der Waals surface area (Å²) in [5.41, 5.74) is 1.02. The number of carbonyl (C=O) groups is 1. The lowest BCUT2D eigenvalue weighted by molar-refractivity contribution is -0.138. The second kappa shape index (κ2) is 8.60. The quantitative estimate of drug-likeness (QED) is 0.754. The molecule has 0 unspecified atom stereocenters. The minimum absolute atomic E-state index is 0.0599. The second-order valence-corrected chi connectivity index (χ2v) is 5.95. The molecule has 0 heterocycles. The lowest BCUT2D eigenvalue weighted by Gasteiger charge is -2.24. The molecule has 1 atom stereocenters. The largest absolute Gasteiger partial charge is 0.497 e. The Bertz CT molecular complexity index is 673. The molecule has 24 heavy (non-hydrogen) atoms. The molecule has 0 aromatic heterocycles. The fourth-order valence-electron chi connectivity index (χ4n) is 2.33. The van der Waals surface area contributed by atoms with Crippen LogP contribution >= 0.6 is 11.6 Å². The van der Waals surface area contributed by atoms with Gasteiger partial charge in [0.15, 0.2) is 6.10 Å². The molecule has 4 nitrogen and oxygen atoms in total. The van der Waals surface area contributed by atoms with Gasteiger partial charge in [-0.05, 0) is 36.2 Å². The lowest BCUT2D eigenvalue weighted by Crippen LogP contribution is -2.39. The van der Waals surface area contributed by atoms with Gasteiger partial charge in [0.1, 0.15) is 11.5 Å². The first-order valence-corrected chi connectivity index (χ1v) is 8.21. The maximum atomic E-state index is 12.6. The highest BCUT2D eigenvalue weighted by Crippen LogP contribution is 2.21. The third-order valence-electron chi connectivity index (χ3n) is 3.67. The molecule has 2 rings (SSSR count). The monoisotopic (exact) mass is 347 g/mol. The van der Waals surface area contributed by atoms with Crippen molar-refractivity contribution in [1.82, 2.24) is 4.90 Å². The Balaban J connectivity index is 2.02. The second-order valence-electron chi connectivity index (χ2n) is 5.51. The number of methoxy groups -OCH3 is 1. The highest BCUT2D eigenvalue weighted by atomic mass is 35.5. The number of amides is 1. The van der Waals surface area contributed by atoms with Crippen LogP contribution in [0.4, 0.5) is 0 Å². The highest BCUT2D eigenvalue weighted by molar-refractivity contribution is 6.30. The number of rotatable bonds is 7. The van der Waals surface area contributed by atoms with E-state index in [1.807, 2.05) is 49.4 Å². The van der Waals surface area contributed by atoms with Crippen LogP contribution in [0.15, 0.2) is 48.5 Å². The van der Waals surface area contributed by atoms with Crippen LogP contribution in [0.1, 0.15) is 18.9 Å². The summed E-state index contributed by atoms with van der Waals surface area (Å²) in [5.74, 6) is 1.26. The predicted molar refractivity (Wildman–Crippen MR) is 95.6 cm³/mol. The van der Waals surface area contributed by atoms with Crippen molar-refractivity contribution in [2.45, 2.75) is 26.0 Å². The van der Waals surface area contributed by atoms with Crippen molar-refractivity contribution in [2.24, 2.45) is 0 Å². The van der Waals surface area contributed by atoms with Crippen LogP contribution in [0.25, 0.3) is 0 Å².